The van der Waals surface area contributed by atoms with Crippen molar-refractivity contribution in [1.29, 1.82) is 0 Å². The summed E-state index contributed by atoms with van der Waals surface area (Å²) in [5, 5.41) is 6.58. The molecule has 0 amide bonds. The molecule has 2 nitrogen and oxygen atoms in total. The summed E-state index contributed by atoms with van der Waals surface area (Å²) in [6.45, 7) is 0. The third kappa shape index (κ3) is 1.59. The monoisotopic (exact) mass is 267 g/mol. The van der Waals surface area contributed by atoms with Gasteiger partial charge in [0.2, 0.25) is 5.06 Å². The van der Waals surface area contributed by atoms with Crippen LogP contribution in [0.2, 0.25) is 5.02 Å². The van der Waals surface area contributed by atoms with Gasteiger partial charge in [0, 0.05) is 5.02 Å². The first kappa shape index (κ1) is 10.1. The Morgan fingerprint density at radius 1 is 1.31 bits per heavy atom. The van der Waals surface area contributed by atoms with Crippen LogP contribution in [-0.2, 0) is 0 Å². The van der Waals surface area contributed by atoms with Gasteiger partial charge in [-0.25, -0.2) is 0 Å². The Hall–Kier alpha value is -1.10. The summed E-state index contributed by atoms with van der Waals surface area (Å²) in [6.07, 6.45) is 0. The second-order valence-corrected chi connectivity index (χ2v) is 5.04. The van der Waals surface area contributed by atoms with Gasteiger partial charge in [-0.1, -0.05) is 23.8 Å². The Bertz CT molecular complexity index is 579. The van der Waals surface area contributed by atoms with E-state index < -0.39 is 0 Å². The number of ether oxygens (including phenoxy) is 1. The average Bonchev–Trinajstić information content (AvgIpc) is 2.63. The van der Waals surface area contributed by atoms with E-state index in [0.29, 0.717) is 10.0 Å². The second-order valence-electron chi connectivity index (χ2n) is 3.32. The van der Waals surface area contributed by atoms with Crippen LogP contribution < -0.4 is 10.1 Å². The van der Waals surface area contributed by atoms with Gasteiger partial charge in [0.15, 0.2) is 0 Å². The Morgan fingerprint density at radius 3 is 3.06 bits per heavy atom. The summed E-state index contributed by atoms with van der Waals surface area (Å²) in [5.41, 5.74) is 1.73. The van der Waals surface area contributed by atoms with E-state index in [4.69, 9.17) is 28.6 Å². The lowest BCUT2D eigenvalue weighted by molar-refractivity contribution is 0.499. The molecule has 5 heteroatoms. The molecule has 0 saturated heterocycles. The molecule has 1 aliphatic heterocycles. The Balaban J connectivity index is 2.18. The zero-order valence-corrected chi connectivity index (χ0v) is 10.4. The summed E-state index contributed by atoms with van der Waals surface area (Å²) >= 11 is 12.8. The first-order valence-corrected chi connectivity index (χ1v) is 6.27. The highest BCUT2D eigenvalue weighted by atomic mass is 35.5. The number of rotatable bonds is 0. The van der Waals surface area contributed by atoms with Gasteiger partial charge in [-0.05, 0) is 29.6 Å². The van der Waals surface area contributed by atoms with Gasteiger partial charge in [0.1, 0.15) is 10.7 Å². The minimum absolute atomic E-state index is 0.634. The zero-order valence-electron chi connectivity index (χ0n) is 7.99. The fourth-order valence-corrected chi connectivity index (χ4v) is 2.68. The highest BCUT2D eigenvalue weighted by Crippen LogP contribution is 2.40. The van der Waals surface area contributed by atoms with E-state index in [-0.39, 0.29) is 0 Å². The van der Waals surface area contributed by atoms with Crippen molar-refractivity contribution in [3.63, 3.8) is 0 Å². The molecule has 0 bridgehead atoms. The maximum atomic E-state index is 5.94. The molecule has 0 fully saturated rings. The number of anilines is 1. The lowest BCUT2D eigenvalue weighted by Crippen LogP contribution is -2.08. The van der Waals surface area contributed by atoms with Gasteiger partial charge in [-0.2, -0.15) is 0 Å². The number of hydrogen-bond donors (Lipinski definition) is 1. The molecular weight excluding hydrogens is 262 g/mol. The molecule has 1 N–H and O–H groups in total. The molecule has 3 rings (SSSR count). The van der Waals surface area contributed by atoms with Gasteiger partial charge >= 0.3 is 0 Å². The second kappa shape index (κ2) is 3.73. The number of fused-ring (bicyclic) bond motifs is 2. The number of thiocarbonyl (C=S) groups is 1. The zero-order chi connectivity index (χ0) is 11.1. The maximum absolute atomic E-state index is 5.94. The molecule has 80 valence electrons. The van der Waals surface area contributed by atoms with Crippen LogP contribution in [0.3, 0.4) is 0 Å². The highest BCUT2D eigenvalue weighted by molar-refractivity contribution is 7.81. The van der Waals surface area contributed by atoms with Crippen LogP contribution in [0.4, 0.5) is 5.69 Å². The number of nitrogens with one attached hydrogen (secondary N) is 1. The van der Waals surface area contributed by atoms with Crippen molar-refractivity contribution in [2.75, 3.05) is 5.32 Å². The van der Waals surface area contributed by atoms with Crippen molar-refractivity contribution in [3.05, 3.63) is 40.2 Å². The number of hydrogen-bond acceptors (Lipinski definition) is 3. The summed E-state index contributed by atoms with van der Waals surface area (Å²) in [5.74, 6) is 0.739. The molecule has 2 aromatic rings. The SMILES string of the molecule is S=C1Nc2ccsc2Oc2ccc(Cl)cc21. The molecule has 0 saturated carbocycles. The first-order chi connectivity index (χ1) is 7.74. The van der Waals surface area contributed by atoms with Gasteiger partial charge in [0.05, 0.1) is 11.3 Å². The third-order valence-corrected chi connectivity index (χ3v) is 3.61. The van der Waals surface area contributed by atoms with Crippen LogP contribution in [0.25, 0.3) is 0 Å². The van der Waals surface area contributed by atoms with Gasteiger partial charge in [-0.15, -0.1) is 11.3 Å². The largest absolute Gasteiger partial charge is 0.444 e. The van der Waals surface area contributed by atoms with Crippen LogP contribution in [0.5, 0.6) is 10.8 Å². The Morgan fingerprint density at radius 2 is 2.19 bits per heavy atom. The van der Waals surface area contributed by atoms with E-state index in [1.165, 1.54) is 11.3 Å². The normalized spacial score (nSPS) is 13.2. The molecule has 0 aliphatic carbocycles. The van der Waals surface area contributed by atoms with E-state index in [2.05, 4.69) is 5.32 Å². The molecule has 2 heterocycles. The average molecular weight is 268 g/mol. The third-order valence-electron chi connectivity index (χ3n) is 2.27. The van der Waals surface area contributed by atoms with Crippen LogP contribution in [0, 0.1) is 0 Å². The molecule has 1 aromatic carbocycles. The highest BCUT2D eigenvalue weighted by Gasteiger charge is 2.19. The molecule has 0 atom stereocenters. The van der Waals surface area contributed by atoms with Crippen LogP contribution >= 0.6 is 35.2 Å². The molecule has 0 unspecified atom stereocenters. The Kier molecular flexibility index (Phi) is 2.35. The molecule has 1 aliphatic rings. The standard InChI is InChI=1S/C11H6ClNOS2/c12-6-1-2-9-7(5-6)10(15)13-8-3-4-16-11(8)14-9/h1-5H,(H,13,15). The van der Waals surface area contributed by atoms with Crippen molar-refractivity contribution in [3.8, 4) is 10.8 Å². The number of thiophene rings is 1. The van der Waals surface area contributed by atoms with Gasteiger partial charge in [0.25, 0.3) is 0 Å². The van der Waals surface area contributed by atoms with Gasteiger partial charge < -0.3 is 10.1 Å². The predicted octanol–water partition coefficient (Wildman–Crippen LogP) is 4.29. The fourth-order valence-electron chi connectivity index (χ4n) is 1.53. The number of benzene rings is 1. The quantitative estimate of drug-likeness (QED) is 0.720. The van der Waals surface area contributed by atoms with Crippen molar-refractivity contribution in [1.82, 2.24) is 0 Å². The molecule has 0 spiro atoms. The van der Waals surface area contributed by atoms with Crippen molar-refractivity contribution < 1.29 is 4.74 Å². The minimum Gasteiger partial charge on any atom is -0.444 e. The van der Waals surface area contributed by atoms with Crippen LogP contribution in [-0.4, -0.2) is 4.99 Å². The minimum atomic E-state index is 0.634. The lowest BCUT2D eigenvalue weighted by Gasteiger charge is -2.06. The van der Waals surface area contributed by atoms with E-state index >= 15 is 0 Å². The summed E-state index contributed by atoms with van der Waals surface area (Å²) in [7, 11) is 0. The first-order valence-electron chi connectivity index (χ1n) is 4.60. The van der Waals surface area contributed by atoms with Crippen molar-refractivity contribution in [2.24, 2.45) is 0 Å². The summed E-state index contributed by atoms with van der Waals surface area (Å²) in [4.78, 5) is 0.634. The van der Waals surface area contributed by atoms with Crippen molar-refractivity contribution >= 4 is 45.8 Å². The Labute approximate surface area is 107 Å². The maximum Gasteiger partial charge on any atom is 0.204 e. The summed E-state index contributed by atoms with van der Waals surface area (Å²) in [6, 6.07) is 7.38. The van der Waals surface area contributed by atoms with E-state index in [1.807, 2.05) is 23.6 Å². The lowest BCUT2D eigenvalue weighted by atomic mass is 10.2. The number of halogens is 1. The van der Waals surface area contributed by atoms with E-state index in [1.54, 1.807) is 6.07 Å². The predicted molar refractivity (Wildman–Crippen MR) is 71.2 cm³/mol. The smallest absolute Gasteiger partial charge is 0.204 e. The van der Waals surface area contributed by atoms with Crippen LogP contribution in [0.1, 0.15) is 5.56 Å². The molecule has 1 aromatic heterocycles. The van der Waals surface area contributed by atoms with Crippen LogP contribution in [0.15, 0.2) is 29.6 Å². The molecule has 16 heavy (non-hydrogen) atoms. The topological polar surface area (TPSA) is 21.3 Å². The molecular formula is C11H6ClNOS2. The summed E-state index contributed by atoms with van der Waals surface area (Å²) < 4.78 is 5.78. The molecule has 0 radical (unpaired) electrons. The van der Waals surface area contributed by atoms with Gasteiger partial charge in [-0.3, -0.25) is 0 Å². The van der Waals surface area contributed by atoms with E-state index in [9.17, 15) is 0 Å². The van der Waals surface area contributed by atoms with Crippen molar-refractivity contribution in [2.45, 2.75) is 0 Å². The fraction of sp³-hybridized carbons (Fsp3) is 0. The van der Waals surface area contributed by atoms with E-state index in [0.717, 1.165) is 22.1 Å².